The van der Waals surface area contributed by atoms with Crippen molar-refractivity contribution in [3.8, 4) is 0 Å². The fraction of sp³-hybridized carbons (Fsp3) is 0.192. The largest absolute Gasteiger partial charge is 0.323 e. The van der Waals surface area contributed by atoms with Crippen molar-refractivity contribution in [1.82, 2.24) is 19.7 Å². The molecule has 0 N–H and O–H groups in total. The summed E-state index contributed by atoms with van der Waals surface area (Å²) in [6.07, 6.45) is 1.94. The van der Waals surface area contributed by atoms with Crippen LogP contribution in [0.4, 0.5) is 0 Å². The Morgan fingerprint density at radius 3 is 2.26 bits per heavy atom. The molecule has 0 radical (unpaired) electrons. The molecule has 31 heavy (non-hydrogen) atoms. The predicted molar refractivity (Wildman–Crippen MR) is 129 cm³/mol. The molecule has 5 rings (SSSR count). The molecule has 0 bridgehead atoms. The second-order valence-electron chi connectivity index (χ2n) is 7.76. The summed E-state index contributed by atoms with van der Waals surface area (Å²) in [5, 5.41) is 10.9. The van der Waals surface area contributed by atoms with E-state index in [9.17, 15) is 0 Å². The quantitative estimate of drug-likeness (QED) is 0.307. The zero-order valence-corrected chi connectivity index (χ0v) is 18.3. The fourth-order valence-electron chi connectivity index (χ4n) is 3.93. The highest BCUT2D eigenvalue weighted by molar-refractivity contribution is 7.99. The van der Waals surface area contributed by atoms with Gasteiger partial charge in [-0.05, 0) is 43.0 Å². The standard InChI is InChI=1S/C26H24N4S/c1-19-12-13-23-22(18-19)24-25(30(23)16-14-20-8-4-2-5-9-20)27-26(29-28-24)31-17-15-21-10-6-3-7-11-21/h2-13,18H,14-17H2,1H3. The van der Waals surface area contributed by atoms with E-state index in [-0.39, 0.29) is 0 Å². The summed E-state index contributed by atoms with van der Waals surface area (Å²) in [4.78, 5) is 4.94. The zero-order valence-electron chi connectivity index (χ0n) is 17.5. The molecule has 0 saturated heterocycles. The summed E-state index contributed by atoms with van der Waals surface area (Å²) in [7, 11) is 0. The van der Waals surface area contributed by atoms with Crippen molar-refractivity contribution in [3.05, 3.63) is 95.6 Å². The van der Waals surface area contributed by atoms with Gasteiger partial charge in [-0.15, -0.1) is 10.2 Å². The van der Waals surface area contributed by atoms with Crippen molar-refractivity contribution in [2.24, 2.45) is 0 Å². The molecule has 0 aliphatic heterocycles. The summed E-state index contributed by atoms with van der Waals surface area (Å²) in [5.74, 6) is 0.931. The predicted octanol–water partition coefficient (Wildman–Crippen LogP) is 5.87. The van der Waals surface area contributed by atoms with Gasteiger partial charge in [-0.3, -0.25) is 0 Å². The smallest absolute Gasteiger partial charge is 0.211 e. The lowest BCUT2D eigenvalue weighted by Crippen LogP contribution is -2.04. The average Bonchev–Trinajstić information content (AvgIpc) is 3.11. The van der Waals surface area contributed by atoms with Crippen molar-refractivity contribution < 1.29 is 0 Å². The van der Waals surface area contributed by atoms with E-state index in [0.29, 0.717) is 0 Å². The first-order chi connectivity index (χ1) is 15.3. The van der Waals surface area contributed by atoms with Gasteiger partial charge in [0.15, 0.2) is 5.65 Å². The van der Waals surface area contributed by atoms with Gasteiger partial charge in [0.25, 0.3) is 0 Å². The first-order valence-corrected chi connectivity index (χ1v) is 11.6. The number of fused-ring (bicyclic) bond motifs is 3. The van der Waals surface area contributed by atoms with Crippen LogP contribution < -0.4 is 0 Å². The first-order valence-electron chi connectivity index (χ1n) is 10.6. The highest BCUT2D eigenvalue weighted by Gasteiger charge is 2.15. The van der Waals surface area contributed by atoms with Crippen LogP contribution in [0, 0.1) is 6.92 Å². The van der Waals surface area contributed by atoms with Gasteiger partial charge in [0.1, 0.15) is 5.52 Å². The molecule has 4 nitrogen and oxygen atoms in total. The maximum absolute atomic E-state index is 4.94. The molecule has 0 amide bonds. The van der Waals surface area contributed by atoms with Crippen LogP contribution in [-0.2, 0) is 19.4 Å². The maximum atomic E-state index is 4.94. The van der Waals surface area contributed by atoms with Crippen molar-refractivity contribution in [2.75, 3.05) is 5.75 Å². The normalized spacial score (nSPS) is 11.4. The number of benzene rings is 3. The monoisotopic (exact) mass is 424 g/mol. The highest BCUT2D eigenvalue weighted by atomic mass is 32.2. The van der Waals surface area contributed by atoms with Crippen molar-refractivity contribution >= 4 is 33.8 Å². The Balaban J connectivity index is 1.45. The van der Waals surface area contributed by atoms with Gasteiger partial charge in [0, 0.05) is 17.7 Å². The van der Waals surface area contributed by atoms with E-state index in [1.54, 1.807) is 11.8 Å². The minimum Gasteiger partial charge on any atom is -0.323 e. The first kappa shape index (κ1) is 19.8. The molecule has 3 aromatic carbocycles. The number of thioether (sulfide) groups is 1. The van der Waals surface area contributed by atoms with E-state index >= 15 is 0 Å². The van der Waals surface area contributed by atoms with E-state index in [0.717, 1.165) is 46.8 Å². The lowest BCUT2D eigenvalue weighted by molar-refractivity contribution is 0.727. The number of aryl methyl sites for hydroxylation is 4. The second kappa shape index (κ2) is 8.90. The summed E-state index contributed by atoms with van der Waals surface area (Å²) in [6, 6.07) is 27.7. The number of nitrogens with zero attached hydrogens (tertiary/aromatic N) is 4. The summed E-state index contributed by atoms with van der Waals surface area (Å²) in [5.41, 5.74) is 6.86. The molecule has 0 aliphatic rings. The molecule has 5 heteroatoms. The van der Waals surface area contributed by atoms with Crippen molar-refractivity contribution in [1.29, 1.82) is 0 Å². The number of hydrogen-bond donors (Lipinski definition) is 0. The van der Waals surface area contributed by atoms with E-state index in [4.69, 9.17) is 4.98 Å². The van der Waals surface area contributed by atoms with Gasteiger partial charge in [-0.2, -0.15) is 0 Å². The van der Waals surface area contributed by atoms with Gasteiger partial charge in [0.05, 0.1) is 5.52 Å². The third-order valence-corrected chi connectivity index (χ3v) is 6.37. The Kier molecular flexibility index (Phi) is 5.67. The van der Waals surface area contributed by atoms with Crippen LogP contribution in [0.25, 0.3) is 22.1 Å². The average molecular weight is 425 g/mol. The third-order valence-electron chi connectivity index (χ3n) is 5.53. The minimum atomic E-state index is 0.740. The van der Waals surface area contributed by atoms with Gasteiger partial charge < -0.3 is 4.57 Å². The molecular formula is C26H24N4S. The number of hydrogen-bond acceptors (Lipinski definition) is 4. The zero-order chi connectivity index (χ0) is 21.0. The lowest BCUT2D eigenvalue weighted by Gasteiger charge is -2.07. The van der Waals surface area contributed by atoms with Crippen LogP contribution in [0.2, 0.25) is 0 Å². The molecule has 0 spiro atoms. The molecule has 5 aromatic rings. The van der Waals surface area contributed by atoms with Crippen LogP contribution in [0.15, 0.2) is 84.0 Å². The van der Waals surface area contributed by atoms with E-state index in [1.165, 1.54) is 22.2 Å². The van der Waals surface area contributed by atoms with Crippen molar-refractivity contribution in [3.63, 3.8) is 0 Å². The maximum Gasteiger partial charge on any atom is 0.211 e. The molecule has 0 aliphatic carbocycles. The molecule has 154 valence electrons. The molecule has 0 atom stereocenters. The molecule has 0 saturated carbocycles. The van der Waals surface area contributed by atoms with Crippen LogP contribution >= 0.6 is 11.8 Å². The Labute approximate surface area is 186 Å². The van der Waals surface area contributed by atoms with Crippen LogP contribution in [-0.4, -0.2) is 25.5 Å². The van der Waals surface area contributed by atoms with E-state index < -0.39 is 0 Å². The summed E-state index contributed by atoms with van der Waals surface area (Å²) in [6.45, 7) is 2.97. The topological polar surface area (TPSA) is 43.6 Å². The van der Waals surface area contributed by atoms with E-state index in [1.807, 2.05) is 6.07 Å². The van der Waals surface area contributed by atoms with E-state index in [2.05, 4.69) is 94.5 Å². The number of rotatable bonds is 7. The Morgan fingerprint density at radius 2 is 1.52 bits per heavy atom. The second-order valence-corrected chi connectivity index (χ2v) is 8.82. The Morgan fingerprint density at radius 1 is 0.806 bits per heavy atom. The molecule has 0 fully saturated rings. The Hall–Kier alpha value is -3.18. The molecular weight excluding hydrogens is 400 g/mol. The van der Waals surface area contributed by atoms with Crippen LogP contribution in [0.1, 0.15) is 16.7 Å². The van der Waals surface area contributed by atoms with Crippen LogP contribution in [0.3, 0.4) is 0 Å². The van der Waals surface area contributed by atoms with Crippen LogP contribution in [0.5, 0.6) is 0 Å². The van der Waals surface area contributed by atoms with Gasteiger partial charge in [-0.1, -0.05) is 84.1 Å². The van der Waals surface area contributed by atoms with Gasteiger partial charge >= 0.3 is 0 Å². The molecule has 0 unspecified atom stereocenters. The lowest BCUT2D eigenvalue weighted by atomic mass is 10.1. The summed E-state index contributed by atoms with van der Waals surface area (Å²) < 4.78 is 2.30. The summed E-state index contributed by atoms with van der Waals surface area (Å²) >= 11 is 1.67. The highest BCUT2D eigenvalue weighted by Crippen LogP contribution is 2.28. The molecule has 2 heterocycles. The van der Waals surface area contributed by atoms with Gasteiger partial charge in [0.2, 0.25) is 5.16 Å². The SMILES string of the molecule is Cc1ccc2c(c1)c1nnc(SCCc3ccccc3)nc1n2CCc1ccccc1. The van der Waals surface area contributed by atoms with Crippen molar-refractivity contribution in [2.45, 2.75) is 31.5 Å². The molecule has 2 aromatic heterocycles. The third kappa shape index (κ3) is 4.32. The fourth-order valence-corrected chi connectivity index (χ4v) is 4.70. The van der Waals surface area contributed by atoms with Gasteiger partial charge in [-0.25, -0.2) is 4.98 Å². The Bertz CT molecular complexity index is 1310. The number of aromatic nitrogens is 4. The minimum absolute atomic E-state index is 0.740.